The Balaban J connectivity index is 5.16. The third kappa shape index (κ3) is 59.7. The average molecular weight is 1270 g/mol. The van der Waals surface area contributed by atoms with Gasteiger partial charge in [-0.3, -0.25) is 37.3 Å². The van der Waals surface area contributed by atoms with E-state index in [9.17, 15) is 43.2 Å². The van der Waals surface area contributed by atoms with E-state index in [2.05, 4.69) is 34.6 Å². The normalized spacial score (nSPS) is 14.5. The molecule has 86 heavy (non-hydrogen) atoms. The third-order valence-corrected chi connectivity index (χ3v) is 17.8. The molecule has 0 radical (unpaired) electrons. The first-order chi connectivity index (χ1) is 41.6. The molecule has 0 spiro atoms. The molecule has 0 bridgehead atoms. The van der Waals surface area contributed by atoms with Gasteiger partial charge in [-0.2, -0.15) is 0 Å². The van der Waals surface area contributed by atoms with Crippen molar-refractivity contribution in [2.24, 2.45) is 5.92 Å². The van der Waals surface area contributed by atoms with Gasteiger partial charge in [-0.25, -0.2) is 9.13 Å². The zero-order valence-corrected chi connectivity index (χ0v) is 57.2. The molecule has 3 N–H and O–H groups in total. The van der Waals surface area contributed by atoms with Crippen LogP contribution in [0, 0.1) is 5.92 Å². The number of carbonyl (C=O) groups is 4. The molecule has 0 aliphatic heterocycles. The molecular weight excluding hydrogens is 1140 g/mol. The van der Waals surface area contributed by atoms with Gasteiger partial charge in [0.25, 0.3) is 0 Å². The molecule has 0 fully saturated rings. The number of aliphatic hydroxyl groups excluding tert-OH is 1. The largest absolute Gasteiger partial charge is 0.472 e. The highest BCUT2D eigenvalue weighted by Gasteiger charge is 2.30. The number of rotatable bonds is 67. The zero-order valence-electron chi connectivity index (χ0n) is 55.4. The van der Waals surface area contributed by atoms with E-state index in [1.807, 2.05) is 0 Å². The minimum Gasteiger partial charge on any atom is -0.462 e. The molecule has 0 saturated heterocycles. The Bertz CT molecular complexity index is 1670. The maximum atomic E-state index is 13.0. The van der Waals surface area contributed by atoms with E-state index in [0.717, 1.165) is 102 Å². The molecule has 17 nitrogen and oxygen atoms in total. The standard InChI is InChI=1S/C67H130O17P2/c1-6-10-13-16-18-20-22-24-26-27-28-30-32-34-36-42-47-52-66(71)83-63(57-78-65(70)51-46-41-35-33-31-29-25-23-21-19-17-14-11-7-2)59-82-86(75,76)80-55-61(68)54-79-85(73,74)81-58-62(56-77-64(69)50-45-39-15-12-8-3)84-67(72)53-48-43-38-37-40-44-49-60(5)9-4/h60-63,68H,6-59H2,1-5H3,(H,73,74)(H,75,76)/t60?,61-,62+,63+/m0/s1. The summed E-state index contributed by atoms with van der Waals surface area (Å²) in [4.78, 5) is 72.1. The summed E-state index contributed by atoms with van der Waals surface area (Å²) in [6.07, 6.45) is 46.2. The topological polar surface area (TPSA) is 237 Å². The minimum absolute atomic E-state index is 0.102. The molecule has 6 atom stereocenters. The van der Waals surface area contributed by atoms with Crippen LogP contribution >= 0.6 is 15.6 Å². The monoisotopic (exact) mass is 1270 g/mol. The maximum absolute atomic E-state index is 13.0. The summed E-state index contributed by atoms with van der Waals surface area (Å²) in [5.41, 5.74) is 0. The van der Waals surface area contributed by atoms with Crippen molar-refractivity contribution in [1.82, 2.24) is 0 Å². The average Bonchev–Trinajstić information content (AvgIpc) is 3.56. The lowest BCUT2D eigenvalue weighted by Gasteiger charge is -2.21. The van der Waals surface area contributed by atoms with Crippen LogP contribution in [0.2, 0.25) is 0 Å². The van der Waals surface area contributed by atoms with Crippen LogP contribution in [0.15, 0.2) is 0 Å². The van der Waals surface area contributed by atoms with Crippen molar-refractivity contribution in [3.8, 4) is 0 Å². The number of unbranched alkanes of at least 4 members (excludes halogenated alkanes) is 38. The number of hydrogen-bond acceptors (Lipinski definition) is 15. The van der Waals surface area contributed by atoms with Crippen molar-refractivity contribution in [2.75, 3.05) is 39.6 Å². The molecular formula is C67H130O17P2. The summed E-state index contributed by atoms with van der Waals surface area (Å²) in [6, 6.07) is 0. The molecule has 19 heteroatoms. The fourth-order valence-electron chi connectivity index (χ4n) is 10.1. The fraction of sp³-hybridized carbons (Fsp3) is 0.940. The lowest BCUT2D eigenvalue weighted by atomic mass is 10.00. The first kappa shape index (κ1) is 84.1. The van der Waals surface area contributed by atoms with E-state index < -0.39 is 97.5 Å². The maximum Gasteiger partial charge on any atom is 0.472 e. The van der Waals surface area contributed by atoms with Crippen LogP contribution in [-0.4, -0.2) is 96.7 Å². The number of esters is 4. The van der Waals surface area contributed by atoms with E-state index in [1.54, 1.807) is 0 Å². The van der Waals surface area contributed by atoms with Crippen LogP contribution in [-0.2, 0) is 65.4 Å². The van der Waals surface area contributed by atoms with Gasteiger partial charge in [-0.05, 0) is 31.6 Å². The highest BCUT2D eigenvalue weighted by Crippen LogP contribution is 2.45. The Morgan fingerprint density at radius 2 is 0.558 bits per heavy atom. The van der Waals surface area contributed by atoms with Gasteiger partial charge in [0, 0.05) is 25.7 Å². The number of ether oxygens (including phenoxy) is 4. The van der Waals surface area contributed by atoms with Gasteiger partial charge in [0.05, 0.1) is 26.4 Å². The molecule has 0 aromatic carbocycles. The Morgan fingerprint density at radius 1 is 0.326 bits per heavy atom. The first-order valence-corrected chi connectivity index (χ1v) is 38.2. The second kappa shape index (κ2) is 60.6. The van der Waals surface area contributed by atoms with E-state index >= 15 is 0 Å². The van der Waals surface area contributed by atoms with Crippen molar-refractivity contribution in [2.45, 2.75) is 361 Å². The first-order valence-electron chi connectivity index (χ1n) is 35.2. The Labute approximate surface area is 524 Å². The van der Waals surface area contributed by atoms with Crippen LogP contribution in [0.4, 0.5) is 0 Å². The lowest BCUT2D eigenvalue weighted by molar-refractivity contribution is -0.161. The van der Waals surface area contributed by atoms with Gasteiger partial charge < -0.3 is 33.8 Å². The summed E-state index contributed by atoms with van der Waals surface area (Å²) in [5, 5.41) is 10.5. The summed E-state index contributed by atoms with van der Waals surface area (Å²) in [5.74, 6) is -1.42. The fourth-order valence-corrected chi connectivity index (χ4v) is 11.7. The van der Waals surface area contributed by atoms with E-state index in [4.69, 9.17) is 37.0 Å². The minimum atomic E-state index is -4.95. The van der Waals surface area contributed by atoms with Gasteiger partial charge in [0.15, 0.2) is 12.2 Å². The second-order valence-electron chi connectivity index (χ2n) is 24.5. The summed E-state index contributed by atoms with van der Waals surface area (Å²) < 4.78 is 67.9. The third-order valence-electron chi connectivity index (χ3n) is 15.9. The van der Waals surface area contributed by atoms with E-state index in [1.165, 1.54) is 161 Å². The number of hydrogen-bond donors (Lipinski definition) is 3. The van der Waals surface area contributed by atoms with Crippen LogP contribution in [0.1, 0.15) is 343 Å². The Morgan fingerprint density at radius 3 is 0.826 bits per heavy atom. The number of carbonyl (C=O) groups excluding carboxylic acids is 4. The van der Waals surface area contributed by atoms with Crippen molar-refractivity contribution in [1.29, 1.82) is 0 Å². The number of phosphoric acid groups is 2. The summed E-state index contributed by atoms with van der Waals surface area (Å²) in [7, 11) is -9.88. The summed E-state index contributed by atoms with van der Waals surface area (Å²) >= 11 is 0. The molecule has 0 saturated carbocycles. The van der Waals surface area contributed by atoms with Gasteiger partial charge >= 0.3 is 39.5 Å². The van der Waals surface area contributed by atoms with Gasteiger partial charge in [-0.15, -0.1) is 0 Å². The van der Waals surface area contributed by atoms with Gasteiger partial charge in [0.1, 0.15) is 19.3 Å². The predicted octanol–water partition coefficient (Wildman–Crippen LogP) is 19.0. The molecule has 0 rings (SSSR count). The van der Waals surface area contributed by atoms with Crippen LogP contribution in [0.3, 0.4) is 0 Å². The Hall–Kier alpha value is -1.94. The molecule has 3 unspecified atom stereocenters. The van der Waals surface area contributed by atoms with Gasteiger partial charge in [0.2, 0.25) is 0 Å². The van der Waals surface area contributed by atoms with E-state index in [-0.39, 0.29) is 25.7 Å². The van der Waals surface area contributed by atoms with Crippen LogP contribution in [0.25, 0.3) is 0 Å². The van der Waals surface area contributed by atoms with Crippen molar-refractivity contribution in [3.05, 3.63) is 0 Å². The highest BCUT2D eigenvalue weighted by molar-refractivity contribution is 7.47. The Kier molecular flexibility index (Phi) is 59.2. The van der Waals surface area contributed by atoms with Crippen molar-refractivity contribution >= 4 is 39.5 Å². The molecule has 0 aliphatic rings. The smallest absolute Gasteiger partial charge is 0.462 e. The molecule has 0 aromatic rings. The van der Waals surface area contributed by atoms with Crippen molar-refractivity contribution < 1.29 is 80.2 Å². The quantitative estimate of drug-likeness (QED) is 0.0222. The number of phosphoric ester groups is 2. The van der Waals surface area contributed by atoms with Crippen molar-refractivity contribution in [3.63, 3.8) is 0 Å². The van der Waals surface area contributed by atoms with E-state index in [0.29, 0.717) is 25.7 Å². The van der Waals surface area contributed by atoms with Crippen LogP contribution < -0.4 is 0 Å². The molecule has 0 aromatic heterocycles. The predicted molar refractivity (Wildman–Crippen MR) is 345 cm³/mol. The SMILES string of the molecule is CCCCCCCCCCCCCCCCCCCC(=O)O[C@H](COC(=O)CCCCCCCCCCCCCCCC)COP(=O)(O)OC[C@@H](O)COP(=O)(O)OC[C@@H](COC(=O)CCCCCCC)OC(=O)CCCCCCCCC(C)CC. The number of aliphatic hydroxyl groups is 1. The second-order valence-corrected chi connectivity index (χ2v) is 27.4. The molecule has 0 heterocycles. The lowest BCUT2D eigenvalue weighted by Crippen LogP contribution is -2.30. The van der Waals surface area contributed by atoms with Crippen LogP contribution in [0.5, 0.6) is 0 Å². The molecule has 0 amide bonds. The zero-order chi connectivity index (χ0) is 63.5. The highest BCUT2D eigenvalue weighted by atomic mass is 31.2. The molecule has 0 aliphatic carbocycles. The summed E-state index contributed by atoms with van der Waals surface area (Å²) in [6.45, 7) is 7.09. The van der Waals surface area contributed by atoms with Gasteiger partial charge in [-0.1, -0.05) is 291 Å². The molecule has 510 valence electrons.